The number of amides is 2. The van der Waals surface area contributed by atoms with Gasteiger partial charge in [-0.25, -0.2) is 0 Å². The van der Waals surface area contributed by atoms with Crippen molar-refractivity contribution in [2.75, 3.05) is 20.2 Å². The number of rotatable bonds is 9. The topological polar surface area (TPSA) is 119 Å². The summed E-state index contributed by atoms with van der Waals surface area (Å²) in [5, 5.41) is 19.6. The first-order valence-corrected chi connectivity index (χ1v) is 11.1. The van der Waals surface area contributed by atoms with E-state index in [1.807, 2.05) is 18.2 Å². The van der Waals surface area contributed by atoms with Gasteiger partial charge in [0.25, 0.3) is 5.91 Å². The number of ether oxygens (including phenoxy) is 1. The van der Waals surface area contributed by atoms with Gasteiger partial charge in [0.1, 0.15) is 11.4 Å². The van der Waals surface area contributed by atoms with Crippen LogP contribution in [0.15, 0.2) is 24.3 Å². The third-order valence-electron chi connectivity index (χ3n) is 5.73. The second kappa shape index (κ2) is 10.0. The van der Waals surface area contributed by atoms with Crippen LogP contribution in [-0.2, 0) is 4.79 Å². The molecule has 3 rings (SSSR count). The second-order valence-corrected chi connectivity index (χ2v) is 9.64. The van der Waals surface area contributed by atoms with Crippen molar-refractivity contribution in [2.24, 2.45) is 11.3 Å². The van der Waals surface area contributed by atoms with Crippen molar-refractivity contribution in [2.45, 2.75) is 52.1 Å². The van der Waals surface area contributed by atoms with E-state index >= 15 is 0 Å². The van der Waals surface area contributed by atoms with Crippen LogP contribution in [0.2, 0.25) is 0 Å². The van der Waals surface area contributed by atoms with E-state index < -0.39 is 6.04 Å². The largest absolute Gasteiger partial charge is 0.496 e. The summed E-state index contributed by atoms with van der Waals surface area (Å²) in [6.45, 7) is 7.46. The predicted molar refractivity (Wildman–Crippen MR) is 123 cm³/mol. The van der Waals surface area contributed by atoms with E-state index in [9.17, 15) is 14.9 Å². The average molecular weight is 440 g/mol. The zero-order valence-corrected chi connectivity index (χ0v) is 19.2. The fourth-order valence-electron chi connectivity index (χ4n) is 4.22. The molecule has 1 aromatic heterocycles. The second-order valence-electron chi connectivity index (χ2n) is 9.64. The molecule has 4 N–H and O–H groups in total. The minimum absolute atomic E-state index is 0.0147. The molecule has 0 radical (unpaired) electrons. The molecule has 2 aromatic rings. The Hall–Kier alpha value is -3.05. The highest BCUT2D eigenvalue weighted by molar-refractivity contribution is 5.99. The minimum atomic E-state index is -0.444. The number of fused-ring (bicyclic) bond motifs is 1. The van der Waals surface area contributed by atoms with E-state index in [1.165, 1.54) is 0 Å². The van der Waals surface area contributed by atoms with Crippen LogP contribution < -0.4 is 20.7 Å². The van der Waals surface area contributed by atoms with Crippen molar-refractivity contribution in [3.8, 4) is 11.8 Å². The van der Waals surface area contributed by atoms with Gasteiger partial charge < -0.3 is 20.4 Å². The van der Waals surface area contributed by atoms with Crippen LogP contribution in [0, 0.1) is 22.7 Å². The van der Waals surface area contributed by atoms with E-state index in [2.05, 4.69) is 47.8 Å². The molecule has 0 saturated carbocycles. The van der Waals surface area contributed by atoms with Gasteiger partial charge >= 0.3 is 0 Å². The molecule has 0 aliphatic carbocycles. The SMILES string of the molecule is COc1cccc2[nH]c(C(=O)NC(CN[C@H](C#N)CC3CCNC3=O)CC(C)(C)C)cc12. The summed E-state index contributed by atoms with van der Waals surface area (Å²) in [5.41, 5.74) is 1.28. The Bertz CT molecular complexity index is 1000. The van der Waals surface area contributed by atoms with Crippen LogP contribution in [0.25, 0.3) is 10.9 Å². The van der Waals surface area contributed by atoms with Crippen LogP contribution in [0.1, 0.15) is 50.5 Å². The number of carbonyl (C=O) groups is 2. The Morgan fingerprint density at radius 1 is 1.38 bits per heavy atom. The first kappa shape index (κ1) is 23.6. The van der Waals surface area contributed by atoms with Gasteiger partial charge in [-0.15, -0.1) is 0 Å². The maximum absolute atomic E-state index is 13.0. The highest BCUT2D eigenvalue weighted by Gasteiger charge is 2.28. The van der Waals surface area contributed by atoms with E-state index in [1.54, 1.807) is 13.2 Å². The first-order chi connectivity index (χ1) is 15.2. The van der Waals surface area contributed by atoms with Crippen molar-refractivity contribution in [3.05, 3.63) is 30.0 Å². The lowest BCUT2D eigenvalue weighted by molar-refractivity contribution is -0.122. The zero-order chi connectivity index (χ0) is 23.3. The van der Waals surface area contributed by atoms with Crippen LogP contribution in [0.5, 0.6) is 5.75 Å². The number of nitrogens with zero attached hydrogens (tertiary/aromatic N) is 1. The van der Waals surface area contributed by atoms with E-state index in [0.717, 1.165) is 23.7 Å². The normalized spacial score (nSPS) is 18.1. The monoisotopic (exact) mass is 439 g/mol. The lowest BCUT2D eigenvalue weighted by Gasteiger charge is -2.28. The molecule has 1 aromatic carbocycles. The van der Waals surface area contributed by atoms with Crippen LogP contribution in [0.4, 0.5) is 0 Å². The Balaban J connectivity index is 1.68. The van der Waals surface area contributed by atoms with Gasteiger partial charge in [-0.05, 0) is 42.9 Å². The molecule has 1 aliphatic heterocycles. The van der Waals surface area contributed by atoms with Crippen molar-refractivity contribution in [1.29, 1.82) is 5.26 Å². The number of nitrogens with one attached hydrogen (secondary N) is 4. The number of methoxy groups -OCH3 is 1. The quantitative estimate of drug-likeness (QED) is 0.479. The molecular formula is C24H33N5O3. The van der Waals surface area contributed by atoms with Gasteiger partial charge in [0.05, 0.1) is 19.2 Å². The van der Waals surface area contributed by atoms with Gasteiger partial charge in [0.15, 0.2) is 0 Å². The molecule has 2 amide bonds. The molecule has 8 heteroatoms. The van der Waals surface area contributed by atoms with Gasteiger partial charge in [-0.2, -0.15) is 5.26 Å². The zero-order valence-electron chi connectivity index (χ0n) is 19.2. The number of benzene rings is 1. The molecule has 172 valence electrons. The summed E-state index contributed by atoms with van der Waals surface area (Å²) in [5.74, 6) is 0.381. The van der Waals surface area contributed by atoms with Crippen LogP contribution in [0.3, 0.4) is 0 Å². The smallest absolute Gasteiger partial charge is 0.267 e. The van der Waals surface area contributed by atoms with Crippen molar-refractivity contribution in [1.82, 2.24) is 20.9 Å². The predicted octanol–water partition coefficient (Wildman–Crippen LogP) is 2.72. The maximum Gasteiger partial charge on any atom is 0.267 e. The summed E-state index contributed by atoms with van der Waals surface area (Å²) in [4.78, 5) is 28.0. The molecule has 0 spiro atoms. The first-order valence-electron chi connectivity index (χ1n) is 11.1. The van der Waals surface area contributed by atoms with Crippen molar-refractivity contribution >= 4 is 22.7 Å². The van der Waals surface area contributed by atoms with Crippen molar-refractivity contribution in [3.63, 3.8) is 0 Å². The number of aromatic nitrogens is 1. The maximum atomic E-state index is 13.0. The lowest BCUT2D eigenvalue weighted by Crippen LogP contribution is -2.47. The molecule has 32 heavy (non-hydrogen) atoms. The van der Waals surface area contributed by atoms with Gasteiger partial charge in [-0.3, -0.25) is 14.9 Å². The third kappa shape index (κ3) is 6.01. The molecule has 2 unspecified atom stereocenters. The summed E-state index contributed by atoms with van der Waals surface area (Å²) >= 11 is 0. The fraction of sp³-hybridized carbons (Fsp3) is 0.542. The summed E-state index contributed by atoms with van der Waals surface area (Å²) in [7, 11) is 1.60. The number of nitriles is 1. The standard InChI is InChI=1S/C24H33N5O3/c1-24(2,3)12-17(14-27-16(13-25)10-15-8-9-26-22(15)30)28-23(31)20-11-18-19(29-20)6-5-7-21(18)32-4/h5-7,11,15-17,27,29H,8-10,12,14H2,1-4H3,(H,26,30)(H,28,31)/t15?,16-,17?/m0/s1. The minimum Gasteiger partial charge on any atom is -0.496 e. The summed E-state index contributed by atoms with van der Waals surface area (Å²) in [6, 6.07) is 9.07. The van der Waals surface area contributed by atoms with Crippen LogP contribution in [-0.4, -0.2) is 49.1 Å². The van der Waals surface area contributed by atoms with E-state index in [0.29, 0.717) is 31.0 Å². The van der Waals surface area contributed by atoms with E-state index in [-0.39, 0.29) is 29.2 Å². The fourth-order valence-corrected chi connectivity index (χ4v) is 4.22. The molecule has 1 aliphatic rings. The Labute approximate surface area is 189 Å². The Morgan fingerprint density at radius 2 is 2.16 bits per heavy atom. The average Bonchev–Trinajstić information content (AvgIpc) is 3.35. The Kier molecular flexibility index (Phi) is 7.41. The molecule has 0 bridgehead atoms. The molecule has 1 saturated heterocycles. The van der Waals surface area contributed by atoms with E-state index in [4.69, 9.17) is 4.74 Å². The highest BCUT2D eigenvalue weighted by Crippen LogP contribution is 2.26. The highest BCUT2D eigenvalue weighted by atomic mass is 16.5. The summed E-state index contributed by atoms with van der Waals surface area (Å²) < 4.78 is 5.39. The Morgan fingerprint density at radius 3 is 2.78 bits per heavy atom. The molecule has 8 nitrogen and oxygen atoms in total. The van der Waals surface area contributed by atoms with Crippen LogP contribution >= 0.6 is 0 Å². The number of aromatic amines is 1. The number of hydrogen-bond donors (Lipinski definition) is 4. The lowest BCUT2D eigenvalue weighted by atomic mass is 9.87. The van der Waals surface area contributed by atoms with Gasteiger partial charge in [0.2, 0.25) is 5.91 Å². The number of hydrogen-bond acceptors (Lipinski definition) is 5. The molecule has 3 atom stereocenters. The third-order valence-corrected chi connectivity index (χ3v) is 5.73. The van der Waals surface area contributed by atoms with Gasteiger partial charge in [0, 0.05) is 36.0 Å². The van der Waals surface area contributed by atoms with Gasteiger partial charge in [-0.1, -0.05) is 26.8 Å². The number of carbonyl (C=O) groups excluding carboxylic acids is 2. The summed E-state index contributed by atoms with van der Waals surface area (Å²) in [6.07, 6.45) is 1.96. The molecule has 2 heterocycles. The molecule has 1 fully saturated rings. The molecular weight excluding hydrogens is 406 g/mol. The van der Waals surface area contributed by atoms with Crippen molar-refractivity contribution < 1.29 is 14.3 Å². The number of H-pyrrole nitrogens is 1.